The Hall–Kier alpha value is -1.38. The normalized spacial score (nSPS) is 17.1. The van der Waals surface area contributed by atoms with Crippen LogP contribution in [0.3, 0.4) is 0 Å². The lowest BCUT2D eigenvalue weighted by molar-refractivity contribution is 0.209. The van der Waals surface area contributed by atoms with Gasteiger partial charge in [-0.3, -0.25) is 0 Å². The molecule has 14 heavy (non-hydrogen) atoms. The summed E-state index contributed by atoms with van der Waals surface area (Å²) in [7, 11) is 0. The Morgan fingerprint density at radius 2 is 1.79 bits per heavy atom. The predicted molar refractivity (Wildman–Crippen MR) is 52.7 cm³/mol. The molecule has 0 unspecified atom stereocenters. The van der Waals surface area contributed by atoms with Crippen molar-refractivity contribution in [3.8, 4) is 17.2 Å². The first kappa shape index (κ1) is 9.19. The highest BCUT2D eigenvalue weighted by Crippen LogP contribution is 2.31. The quantitative estimate of drug-likeness (QED) is 0.711. The minimum absolute atomic E-state index is 0.108. The number of rotatable bonds is 2. The summed E-state index contributed by atoms with van der Waals surface area (Å²) in [6.45, 7) is 0. The fourth-order valence-electron chi connectivity index (χ4n) is 1.78. The van der Waals surface area contributed by atoms with Gasteiger partial charge in [-0.05, 0) is 37.8 Å². The van der Waals surface area contributed by atoms with Crippen LogP contribution >= 0.6 is 0 Å². The van der Waals surface area contributed by atoms with Gasteiger partial charge in [0.25, 0.3) is 0 Å². The third-order valence-electron chi connectivity index (χ3n) is 2.55. The molecular weight excluding hydrogens is 180 g/mol. The van der Waals surface area contributed by atoms with Gasteiger partial charge in [0.15, 0.2) is 11.5 Å². The Kier molecular flexibility index (Phi) is 2.48. The molecule has 2 rings (SSSR count). The topological polar surface area (TPSA) is 49.7 Å². The summed E-state index contributed by atoms with van der Waals surface area (Å²) in [4.78, 5) is 0. The summed E-state index contributed by atoms with van der Waals surface area (Å²) in [6.07, 6.45) is 4.88. The van der Waals surface area contributed by atoms with E-state index in [-0.39, 0.29) is 17.6 Å². The summed E-state index contributed by atoms with van der Waals surface area (Å²) in [5.74, 6) is 0.400. The van der Waals surface area contributed by atoms with Crippen LogP contribution in [0.1, 0.15) is 25.7 Å². The molecule has 1 aromatic carbocycles. The van der Waals surface area contributed by atoms with E-state index in [1.165, 1.54) is 25.0 Å². The molecule has 1 aromatic rings. The maximum Gasteiger partial charge on any atom is 0.161 e. The molecule has 1 saturated carbocycles. The lowest BCUT2D eigenvalue weighted by atomic mass is 10.3. The predicted octanol–water partition coefficient (Wildman–Crippen LogP) is 2.42. The minimum atomic E-state index is -0.125. The van der Waals surface area contributed by atoms with Crippen molar-refractivity contribution in [2.45, 2.75) is 31.8 Å². The monoisotopic (exact) mass is 194 g/mol. The lowest BCUT2D eigenvalue weighted by Gasteiger charge is -2.13. The summed E-state index contributed by atoms with van der Waals surface area (Å²) >= 11 is 0. The zero-order chi connectivity index (χ0) is 9.97. The van der Waals surface area contributed by atoms with Gasteiger partial charge in [0, 0.05) is 6.07 Å². The SMILES string of the molecule is Oc1ccc(OC2CCCC2)cc1O. The van der Waals surface area contributed by atoms with Gasteiger partial charge in [0.1, 0.15) is 5.75 Å². The van der Waals surface area contributed by atoms with Crippen LogP contribution in [0.5, 0.6) is 17.2 Å². The van der Waals surface area contributed by atoms with Crippen molar-refractivity contribution >= 4 is 0 Å². The van der Waals surface area contributed by atoms with Crippen molar-refractivity contribution in [3.05, 3.63) is 18.2 Å². The maximum absolute atomic E-state index is 9.24. The van der Waals surface area contributed by atoms with Crippen molar-refractivity contribution in [1.29, 1.82) is 0 Å². The number of phenolic OH excluding ortho intramolecular Hbond substituents is 2. The Balaban J connectivity index is 2.05. The van der Waals surface area contributed by atoms with E-state index in [1.807, 2.05) is 0 Å². The second kappa shape index (κ2) is 3.78. The van der Waals surface area contributed by atoms with E-state index in [0.717, 1.165) is 12.8 Å². The van der Waals surface area contributed by atoms with Crippen molar-refractivity contribution in [3.63, 3.8) is 0 Å². The number of phenols is 2. The van der Waals surface area contributed by atoms with Crippen LogP contribution in [0.2, 0.25) is 0 Å². The highest BCUT2D eigenvalue weighted by molar-refractivity contribution is 5.43. The molecule has 0 amide bonds. The lowest BCUT2D eigenvalue weighted by Crippen LogP contribution is -2.10. The summed E-state index contributed by atoms with van der Waals surface area (Å²) < 4.78 is 5.64. The third kappa shape index (κ3) is 1.92. The van der Waals surface area contributed by atoms with E-state index in [1.54, 1.807) is 6.07 Å². The molecule has 0 bridgehead atoms. The molecule has 1 aliphatic carbocycles. The summed E-state index contributed by atoms with van der Waals surface area (Å²) in [5, 5.41) is 18.3. The van der Waals surface area contributed by atoms with E-state index in [9.17, 15) is 5.11 Å². The van der Waals surface area contributed by atoms with E-state index in [4.69, 9.17) is 9.84 Å². The molecule has 0 heterocycles. The van der Waals surface area contributed by atoms with E-state index in [2.05, 4.69) is 0 Å². The highest BCUT2D eigenvalue weighted by atomic mass is 16.5. The van der Waals surface area contributed by atoms with Crippen molar-refractivity contribution in [2.24, 2.45) is 0 Å². The molecule has 1 fully saturated rings. The van der Waals surface area contributed by atoms with Crippen LogP contribution < -0.4 is 4.74 Å². The average Bonchev–Trinajstić information content (AvgIpc) is 2.64. The van der Waals surface area contributed by atoms with Crippen LogP contribution in [0.4, 0.5) is 0 Å². The third-order valence-corrected chi connectivity index (χ3v) is 2.55. The van der Waals surface area contributed by atoms with Crippen LogP contribution in [-0.4, -0.2) is 16.3 Å². The van der Waals surface area contributed by atoms with Crippen LogP contribution in [0, 0.1) is 0 Å². The Morgan fingerprint density at radius 1 is 1.07 bits per heavy atom. The minimum Gasteiger partial charge on any atom is -0.504 e. The number of ether oxygens (including phenoxy) is 1. The van der Waals surface area contributed by atoms with Gasteiger partial charge in [-0.2, -0.15) is 0 Å². The van der Waals surface area contributed by atoms with Gasteiger partial charge in [-0.15, -0.1) is 0 Å². The van der Waals surface area contributed by atoms with E-state index < -0.39 is 0 Å². The molecule has 0 aromatic heterocycles. The molecule has 3 heteroatoms. The second-order valence-electron chi connectivity index (χ2n) is 3.67. The fraction of sp³-hybridized carbons (Fsp3) is 0.455. The van der Waals surface area contributed by atoms with Crippen LogP contribution in [0.25, 0.3) is 0 Å². The van der Waals surface area contributed by atoms with Crippen molar-refractivity contribution < 1.29 is 14.9 Å². The first-order valence-corrected chi connectivity index (χ1v) is 4.94. The van der Waals surface area contributed by atoms with Gasteiger partial charge in [0.2, 0.25) is 0 Å². The van der Waals surface area contributed by atoms with Gasteiger partial charge in [-0.1, -0.05) is 0 Å². The molecule has 0 atom stereocenters. The molecule has 2 N–H and O–H groups in total. The van der Waals surface area contributed by atoms with Crippen LogP contribution in [0.15, 0.2) is 18.2 Å². The highest BCUT2D eigenvalue weighted by Gasteiger charge is 2.16. The largest absolute Gasteiger partial charge is 0.504 e. The van der Waals surface area contributed by atoms with Gasteiger partial charge < -0.3 is 14.9 Å². The van der Waals surface area contributed by atoms with Crippen molar-refractivity contribution in [1.82, 2.24) is 0 Å². The first-order valence-electron chi connectivity index (χ1n) is 4.94. The fourth-order valence-corrected chi connectivity index (χ4v) is 1.78. The number of hydrogen-bond donors (Lipinski definition) is 2. The molecule has 0 radical (unpaired) electrons. The Labute approximate surface area is 83.0 Å². The summed E-state index contributed by atoms with van der Waals surface area (Å²) in [5.41, 5.74) is 0. The molecule has 0 aliphatic heterocycles. The molecule has 0 saturated heterocycles. The number of aromatic hydroxyl groups is 2. The maximum atomic E-state index is 9.24. The smallest absolute Gasteiger partial charge is 0.161 e. The Morgan fingerprint density at radius 3 is 2.43 bits per heavy atom. The standard InChI is InChI=1S/C11H14O3/c12-10-6-5-9(7-11(10)13)14-8-3-1-2-4-8/h5-8,12-13H,1-4H2. The van der Waals surface area contributed by atoms with E-state index in [0.29, 0.717) is 5.75 Å². The molecular formula is C11H14O3. The molecule has 1 aliphatic rings. The summed E-state index contributed by atoms with van der Waals surface area (Å²) in [6, 6.07) is 4.57. The van der Waals surface area contributed by atoms with Gasteiger partial charge >= 0.3 is 0 Å². The average molecular weight is 194 g/mol. The van der Waals surface area contributed by atoms with E-state index >= 15 is 0 Å². The molecule has 3 nitrogen and oxygen atoms in total. The van der Waals surface area contributed by atoms with Crippen molar-refractivity contribution in [2.75, 3.05) is 0 Å². The Bertz CT molecular complexity index is 316. The van der Waals surface area contributed by atoms with Crippen LogP contribution in [-0.2, 0) is 0 Å². The number of hydrogen-bond acceptors (Lipinski definition) is 3. The zero-order valence-corrected chi connectivity index (χ0v) is 7.94. The molecule has 0 spiro atoms. The zero-order valence-electron chi connectivity index (χ0n) is 7.94. The van der Waals surface area contributed by atoms with Gasteiger partial charge in [-0.25, -0.2) is 0 Å². The molecule has 76 valence electrons. The first-order chi connectivity index (χ1) is 6.75. The number of benzene rings is 1. The van der Waals surface area contributed by atoms with Gasteiger partial charge in [0.05, 0.1) is 6.10 Å². The second-order valence-corrected chi connectivity index (χ2v) is 3.67.